The zero-order chi connectivity index (χ0) is 16.5. The van der Waals surface area contributed by atoms with Crippen LogP contribution in [0.4, 0.5) is 0 Å². The van der Waals surface area contributed by atoms with E-state index in [0.29, 0.717) is 6.54 Å². The number of aryl methyl sites for hydroxylation is 1. The molecule has 1 aliphatic rings. The van der Waals surface area contributed by atoms with Gasteiger partial charge in [0.25, 0.3) is 5.91 Å². The highest BCUT2D eigenvalue weighted by Gasteiger charge is 2.20. The van der Waals surface area contributed by atoms with Crippen molar-refractivity contribution in [2.75, 3.05) is 13.2 Å². The molecule has 2 amide bonds. The Morgan fingerprint density at radius 1 is 1.22 bits per heavy atom. The Morgan fingerprint density at radius 2 is 2.00 bits per heavy atom. The molecule has 0 unspecified atom stereocenters. The Labute approximate surface area is 134 Å². The van der Waals surface area contributed by atoms with E-state index < -0.39 is 5.97 Å². The minimum absolute atomic E-state index is 0.126. The molecular weight excluding hydrogens is 298 g/mol. The minimum atomic E-state index is -0.676. The molecule has 0 radical (unpaired) electrons. The molecule has 0 bridgehead atoms. The second-order valence-corrected chi connectivity index (χ2v) is 5.11. The third kappa shape index (κ3) is 5.90. The van der Waals surface area contributed by atoms with E-state index in [1.54, 1.807) is 0 Å². The average Bonchev–Trinajstić information content (AvgIpc) is 2.58. The summed E-state index contributed by atoms with van der Waals surface area (Å²) in [6, 6.07) is 9.98. The lowest BCUT2D eigenvalue weighted by molar-refractivity contribution is -0.142. The van der Waals surface area contributed by atoms with Crippen molar-refractivity contribution < 1.29 is 19.1 Å². The summed E-state index contributed by atoms with van der Waals surface area (Å²) in [5, 5.41) is 6.30. The number of carbonyl (C=O) groups is 3. The van der Waals surface area contributed by atoms with Gasteiger partial charge in [-0.3, -0.25) is 9.59 Å². The van der Waals surface area contributed by atoms with Gasteiger partial charge in [-0.1, -0.05) is 30.3 Å². The van der Waals surface area contributed by atoms with Crippen molar-refractivity contribution in [1.82, 2.24) is 10.7 Å². The zero-order valence-corrected chi connectivity index (χ0v) is 12.7. The quantitative estimate of drug-likeness (QED) is 0.567. The van der Waals surface area contributed by atoms with Crippen molar-refractivity contribution in [1.29, 1.82) is 0 Å². The van der Waals surface area contributed by atoms with Crippen LogP contribution in [0, 0.1) is 0 Å². The number of carbonyl (C=O) groups excluding carboxylic acids is 3. The van der Waals surface area contributed by atoms with Gasteiger partial charge in [0.2, 0.25) is 5.91 Å². The number of rotatable bonds is 7. The molecule has 0 aromatic heterocycles. The Morgan fingerprint density at radius 3 is 2.70 bits per heavy atom. The first-order chi connectivity index (χ1) is 11.1. The van der Waals surface area contributed by atoms with Crippen LogP contribution in [0.3, 0.4) is 0 Å². The number of amides is 2. The standard InChI is InChI=1S/C16H19N3O4/c20-14-9-8-13(18-19-14)16(22)23-11-15(21)17-10-4-7-12-5-2-1-3-6-12/h1-3,5-6H,4,7-11H2,(H,17,21)(H,19,20). The van der Waals surface area contributed by atoms with E-state index in [-0.39, 0.29) is 37.0 Å². The monoisotopic (exact) mass is 317 g/mol. The second-order valence-electron chi connectivity index (χ2n) is 5.11. The maximum atomic E-state index is 11.6. The molecule has 0 spiro atoms. The van der Waals surface area contributed by atoms with Gasteiger partial charge in [0, 0.05) is 19.4 Å². The van der Waals surface area contributed by atoms with Gasteiger partial charge in [-0.15, -0.1) is 0 Å². The first-order valence-electron chi connectivity index (χ1n) is 7.48. The van der Waals surface area contributed by atoms with Crippen LogP contribution in [0.2, 0.25) is 0 Å². The summed E-state index contributed by atoms with van der Waals surface area (Å²) in [6.07, 6.45) is 2.10. The van der Waals surface area contributed by atoms with Crippen LogP contribution in [-0.4, -0.2) is 36.6 Å². The molecule has 23 heavy (non-hydrogen) atoms. The van der Waals surface area contributed by atoms with Crippen molar-refractivity contribution in [2.45, 2.75) is 25.7 Å². The molecule has 7 nitrogen and oxygen atoms in total. The predicted molar refractivity (Wildman–Crippen MR) is 83.5 cm³/mol. The van der Waals surface area contributed by atoms with Crippen molar-refractivity contribution in [3.05, 3.63) is 35.9 Å². The molecule has 1 aromatic rings. The van der Waals surface area contributed by atoms with Gasteiger partial charge >= 0.3 is 5.97 Å². The molecule has 1 aromatic carbocycles. The third-order valence-electron chi connectivity index (χ3n) is 3.28. The normalized spacial score (nSPS) is 13.7. The SMILES string of the molecule is O=C(COC(=O)C1=NNC(=O)CC1)NCCCc1ccccc1. The van der Waals surface area contributed by atoms with Crippen LogP contribution < -0.4 is 10.7 Å². The molecule has 0 atom stereocenters. The predicted octanol–water partition coefficient (Wildman–Crippen LogP) is 0.545. The minimum Gasteiger partial charge on any atom is -0.451 e. The third-order valence-corrected chi connectivity index (χ3v) is 3.28. The maximum Gasteiger partial charge on any atom is 0.355 e. The van der Waals surface area contributed by atoms with E-state index in [4.69, 9.17) is 4.74 Å². The Hall–Kier alpha value is -2.70. The molecular formula is C16H19N3O4. The highest BCUT2D eigenvalue weighted by molar-refractivity contribution is 6.37. The summed E-state index contributed by atoms with van der Waals surface area (Å²) in [5.74, 6) is -1.27. The molecule has 2 N–H and O–H groups in total. The van der Waals surface area contributed by atoms with Crippen LogP contribution in [-0.2, 0) is 25.5 Å². The van der Waals surface area contributed by atoms with Crippen molar-refractivity contribution in [3.63, 3.8) is 0 Å². The van der Waals surface area contributed by atoms with Gasteiger partial charge in [0.15, 0.2) is 6.61 Å². The number of hydrogen-bond donors (Lipinski definition) is 2. The van der Waals surface area contributed by atoms with E-state index in [1.165, 1.54) is 5.56 Å². The van der Waals surface area contributed by atoms with E-state index in [1.807, 2.05) is 30.3 Å². The lowest BCUT2D eigenvalue weighted by atomic mass is 10.1. The number of ether oxygens (including phenoxy) is 1. The number of esters is 1. The summed E-state index contributed by atoms with van der Waals surface area (Å²) in [6.45, 7) is 0.166. The molecule has 122 valence electrons. The Kier molecular flexibility index (Phi) is 6.28. The smallest absolute Gasteiger partial charge is 0.355 e. The number of hydrazone groups is 1. The van der Waals surface area contributed by atoms with Gasteiger partial charge in [-0.25, -0.2) is 10.2 Å². The summed E-state index contributed by atoms with van der Waals surface area (Å²) < 4.78 is 4.86. The fraction of sp³-hybridized carbons (Fsp3) is 0.375. The largest absolute Gasteiger partial charge is 0.451 e. The Bertz CT molecular complexity index is 599. The van der Waals surface area contributed by atoms with Crippen molar-refractivity contribution >= 4 is 23.5 Å². The number of nitrogens with zero attached hydrogens (tertiary/aromatic N) is 1. The van der Waals surface area contributed by atoms with E-state index in [9.17, 15) is 14.4 Å². The molecule has 7 heteroatoms. The van der Waals surface area contributed by atoms with Gasteiger partial charge in [-0.2, -0.15) is 5.10 Å². The van der Waals surface area contributed by atoms with Crippen LogP contribution in [0.1, 0.15) is 24.8 Å². The van der Waals surface area contributed by atoms with E-state index in [2.05, 4.69) is 15.8 Å². The molecule has 0 aliphatic carbocycles. The summed E-state index contributed by atoms with van der Waals surface area (Å²) >= 11 is 0. The van der Waals surface area contributed by atoms with Crippen LogP contribution >= 0.6 is 0 Å². The van der Waals surface area contributed by atoms with E-state index in [0.717, 1.165) is 12.8 Å². The zero-order valence-electron chi connectivity index (χ0n) is 12.7. The van der Waals surface area contributed by atoms with Crippen molar-refractivity contribution in [2.24, 2.45) is 5.10 Å². The number of hydrogen-bond acceptors (Lipinski definition) is 5. The average molecular weight is 317 g/mol. The topological polar surface area (TPSA) is 96.9 Å². The second kappa shape index (κ2) is 8.67. The lowest BCUT2D eigenvalue weighted by Crippen LogP contribution is -2.34. The molecule has 2 rings (SSSR count). The van der Waals surface area contributed by atoms with Gasteiger partial charge in [0.05, 0.1) is 0 Å². The molecule has 1 aliphatic heterocycles. The maximum absolute atomic E-state index is 11.6. The van der Waals surface area contributed by atoms with Gasteiger partial charge in [0.1, 0.15) is 5.71 Å². The first-order valence-corrected chi connectivity index (χ1v) is 7.48. The van der Waals surface area contributed by atoms with Crippen molar-refractivity contribution in [3.8, 4) is 0 Å². The van der Waals surface area contributed by atoms with Crippen LogP contribution in [0.5, 0.6) is 0 Å². The van der Waals surface area contributed by atoms with E-state index >= 15 is 0 Å². The van der Waals surface area contributed by atoms with Gasteiger partial charge < -0.3 is 10.1 Å². The summed E-state index contributed by atoms with van der Waals surface area (Å²) in [7, 11) is 0. The first kappa shape index (κ1) is 16.7. The fourth-order valence-corrected chi connectivity index (χ4v) is 2.05. The summed E-state index contributed by atoms with van der Waals surface area (Å²) in [4.78, 5) is 34.1. The number of nitrogens with one attached hydrogen (secondary N) is 2. The highest BCUT2D eigenvalue weighted by Crippen LogP contribution is 2.02. The molecule has 1 heterocycles. The number of benzene rings is 1. The van der Waals surface area contributed by atoms with Crippen LogP contribution in [0.25, 0.3) is 0 Å². The molecule has 0 saturated heterocycles. The lowest BCUT2D eigenvalue weighted by Gasteiger charge is -2.11. The Balaban J connectivity index is 1.60. The molecule has 0 saturated carbocycles. The van der Waals surface area contributed by atoms with Crippen LogP contribution in [0.15, 0.2) is 35.4 Å². The molecule has 0 fully saturated rings. The fourth-order valence-electron chi connectivity index (χ4n) is 2.05. The summed E-state index contributed by atoms with van der Waals surface area (Å²) in [5.41, 5.74) is 3.55. The van der Waals surface area contributed by atoms with Gasteiger partial charge in [-0.05, 0) is 18.4 Å². The highest BCUT2D eigenvalue weighted by atomic mass is 16.5.